The zero-order valence-corrected chi connectivity index (χ0v) is 9.07. The number of hydrogen-bond donors (Lipinski definition) is 1. The summed E-state index contributed by atoms with van der Waals surface area (Å²) >= 11 is 0. The second-order valence-electron chi connectivity index (χ2n) is 4.71. The molecule has 2 aliphatic heterocycles. The van der Waals surface area contributed by atoms with Gasteiger partial charge in [0.1, 0.15) is 6.26 Å². The van der Waals surface area contributed by atoms with Gasteiger partial charge in [-0.05, 0) is 20.0 Å². The van der Waals surface area contributed by atoms with E-state index >= 15 is 0 Å². The average molecular weight is 207 g/mol. The van der Waals surface area contributed by atoms with Gasteiger partial charge >= 0.3 is 0 Å². The van der Waals surface area contributed by atoms with Gasteiger partial charge in [-0.15, -0.1) is 0 Å². The summed E-state index contributed by atoms with van der Waals surface area (Å²) in [5.41, 5.74) is 1.15. The average Bonchev–Trinajstić information content (AvgIpc) is 2.70. The number of nitrogens with one attached hydrogen (secondary N) is 1. The monoisotopic (exact) mass is 207 g/mol. The van der Waals surface area contributed by atoms with Gasteiger partial charge in [0, 0.05) is 25.6 Å². The lowest BCUT2D eigenvalue weighted by Gasteiger charge is -2.23. The van der Waals surface area contributed by atoms with Crippen molar-refractivity contribution in [3.05, 3.63) is 17.8 Å². The fourth-order valence-electron chi connectivity index (χ4n) is 2.32. The van der Waals surface area contributed by atoms with Crippen molar-refractivity contribution in [1.82, 2.24) is 15.2 Å². The van der Waals surface area contributed by atoms with Gasteiger partial charge < -0.3 is 14.6 Å². The molecule has 3 rings (SSSR count). The van der Waals surface area contributed by atoms with Gasteiger partial charge in [0.15, 0.2) is 5.89 Å². The molecule has 0 bridgehead atoms. The Balaban J connectivity index is 1.72. The van der Waals surface area contributed by atoms with Crippen LogP contribution in [0.25, 0.3) is 0 Å². The van der Waals surface area contributed by atoms with Crippen LogP contribution in [-0.4, -0.2) is 43.1 Å². The van der Waals surface area contributed by atoms with Crippen molar-refractivity contribution < 1.29 is 4.42 Å². The first kappa shape index (κ1) is 9.36. The van der Waals surface area contributed by atoms with E-state index in [1.807, 2.05) is 6.26 Å². The highest BCUT2D eigenvalue weighted by atomic mass is 16.3. The first-order valence-electron chi connectivity index (χ1n) is 5.67. The summed E-state index contributed by atoms with van der Waals surface area (Å²) in [6, 6.07) is 0. The highest BCUT2D eigenvalue weighted by Crippen LogP contribution is 2.27. The molecule has 4 nitrogen and oxygen atoms in total. The van der Waals surface area contributed by atoms with Crippen LogP contribution >= 0.6 is 0 Å². The van der Waals surface area contributed by atoms with E-state index in [1.165, 1.54) is 13.0 Å². The van der Waals surface area contributed by atoms with Crippen molar-refractivity contribution in [1.29, 1.82) is 0 Å². The van der Waals surface area contributed by atoms with E-state index in [4.69, 9.17) is 4.42 Å². The maximum Gasteiger partial charge on any atom is 0.199 e. The first-order chi connectivity index (χ1) is 7.33. The summed E-state index contributed by atoms with van der Waals surface area (Å²) < 4.78 is 5.55. The van der Waals surface area contributed by atoms with E-state index in [0.29, 0.717) is 11.8 Å². The maximum atomic E-state index is 5.55. The van der Waals surface area contributed by atoms with Crippen LogP contribution in [0.5, 0.6) is 0 Å². The van der Waals surface area contributed by atoms with Crippen LogP contribution in [-0.2, 0) is 0 Å². The molecular weight excluding hydrogens is 190 g/mol. The molecule has 0 saturated carbocycles. The number of hydrogen-bond acceptors (Lipinski definition) is 4. The van der Waals surface area contributed by atoms with Gasteiger partial charge in [0.25, 0.3) is 0 Å². The number of oxazole rings is 1. The Hall–Kier alpha value is -0.870. The predicted octanol–water partition coefficient (Wildman–Crippen LogP) is 0.780. The third-order valence-electron chi connectivity index (χ3n) is 3.48. The number of rotatable bonds is 2. The molecule has 3 heterocycles. The topological polar surface area (TPSA) is 41.3 Å². The smallest absolute Gasteiger partial charge is 0.199 e. The summed E-state index contributed by atoms with van der Waals surface area (Å²) in [6.45, 7) is 4.34. The molecule has 2 aliphatic rings. The van der Waals surface area contributed by atoms with Gasteiger partial charge in [-0.2, -0.15) is 0 Å². The van der Waals surface area contributed by atoms with Crippen LogP contribution in [0, 0.1) is 0 Å². The maximum absolute atomic E-state index is 5.55. The molecule has 0 amide bonds. The summed E-state index contributed by atoms with van der Waals surface area (Å²) in [4.78, 5) is 6.97. The van der Waals surface area contributed by atoms with E-state index in [0.717, 1.165) is 31.2 Å². The standard InChI is InChI=1S/C11H17N3O/c1-14-3-2-8(6-14)10-7-15-11(13-10)9-4-12-5-9/h7-9,12H,2-6H2,1H3. The van der Waals surface area contributed by atoms with E-state index in [-0.39, 0.29) is 0 Å². The third-order valence-corrected chi connectivity index (χ3v) is 3.48. The minimum Gasteiger partial charge on any atom is -0.448 e. The second-order valence-corrected chi connectivity index (χ2v) is 4.71. The molecule has 1 N–H and O–H groups in total. The SMILES string of the molecule is CN1CCC(c2coc(C3CNC3)n2)C1. The van der Waals surface area contributed by atoms with Crippen LogP contribution in [0.3, 0.4) is 0 Å². The summed E-state index contributed by atoms with van der Waals surface area (Å²) in [7, 11) is 2.16. The molecule has 2 fully saturated rings. The number of aromatic nitrogens is 1. The third kappa shape index (κ3) is 1.68. The minimum absolute atomic E-state index is 0.512. The Kier molecular flexibility index (Phi) is 2.25. The largest absolute Gasteiger partial charge is 0.448 e. The van der Waals surface area contributed by atoms with Crippen molar-refractivity contribution in [3.63, 3.8) is 0 Å². The van der Waals surface area contributed by atoms with E-state index < -0.39 is 0 Å². The number of likely N-dealkylation sites (tertiary alicyclic amines) is 1. The Bertz CT molecular complexity index is 345. The first-order valence-corrected chi connectivity index (χ1v) is 5.67. The van der Waals surface area contributed by atoms with Gasteiger partial charge in [0.2, 0.25) is 0 Å². The van der Waals surface area contributed by atoms with Crippen LogP contribution in [0.15, 0.2) is 10.7 Å². The zero-order chi connectivity index (χ0) is 10.3. The molecule has 1 aromatic rings. The second kappa shape index (κ2) is 3.61. The highest BCUT2D eigenvalue weighted by Gasteiger charge is 2.28. The Morgan fingerprint density at radius 1 is 1.47 bits per heavy atom. The van der Waals surface area contributed by atoms with Gasteiger partial charge in [-0.25, -0.2) is 4.98 Å². The van der Waals surface area contributed by atoms with Crippen LogP contribution in [0.1, 0.15) is 29.8 Å². The lowest BCUT2D eigenvalue weighted by atomic mass is 10.0. The number of nitrogens with zero attached hydrogens (tertiary/aromatic N) is 2. The van der Waals surface area contributed by atoms with E-state index in [2.05, 4.69) is 22.2 Å². The molecule has 0 aromatic carbocycles. The van der Waals surface area contributed by atoms with E-state index in [9.17, 15) is 0 Å². The molecule has 82 valence electrons. The summed E-state index contributed by atoms with van der Waals surface area (Å²) in [5, 5.41) is 3.24. The molecule has 1 aromatic heterocycles. The van der Waals surface area contributed by atoms with Crippen LogP contribution in [0.4, 0.5) is 0 Å². The van der Waals surface area contributed by atoms with Crippen molar-refractivity contribution in [3.8, 4) is 0 Å². The molecule has 4 heteroatoms. The fraction of sp³-hybridized carbons (Fsp3) is 0.727. The van der Waals surface area contributed by atoms with Crippen LogP contribution < -0.4 is 5.32 Å². The van der Waals surface area contributed by atoms with Crippen LogP contribution in [0.2, 0.25) is 0 Å². The summed E-state index contributed by atoms with van der Waals surface area (Å²) in [6.07, 6.45) is 3.07. The fourth-order valence-corrected chi connectivity index (χ4v) is 2.32. The predicted molar refractivity (Wildman–Crippen MR) is 57.0 cm³/mol. The highest BCUT2D eigenvalue weighted by molar-refractivity contribution is 5.11. The van der Waals surface area contributed by atoms with Crippen molar-refractivity contribution in [2.24, 2.45) is 0 Å². The molecular formula is C11H17N3O. The zero-order valence-electron chi connectivity index (χ0n) is 9.07. The Labute approximate surface area is 89.7 Å². The molecule has 0 spiro atoms. The molecule has 0 aliphatic carbocycles. The Morgan fingerprint density at radius 3 is 2.93 bits per heavy atom. The molecule has 2 saturated heterocycles. The summed E-state index contributed by atoms with van der Waals surface area (Å²) in [5.74, 6) is 2.02. The lowest BCUT2D eigenvalue weighted by Crippen LogP contribution is -2.40. The minimum atomic E-state index is 0.512. The van der Waals surface area contributed by atoms with Crippen molar-refractivity contribution in [2.45, 2.75) is 18.3 Å². The quantitative estimate of drug-likeness (QED) is 0.778. The Morgan fingerprint density at radius 2 is 2.33 bits per heavy atom. The molecule has 15 heavy (non-hydrogen) atoms. The van der Waals surface area contributed by atoms with Crippen molar-refractivity contribution in [2.75, 3.05) is 33.2 Å². The lowest BCUT2D eigenvalue weighted by molar-refractivity contribution is 0.357. The number of likely N-dealkylation sites (N-methyl/N-ethyl adjacent to an activating group) is 1. The molecule has 1 atom stereocenters. The van der Waals surface area contributed by atoms with E-state index in [1.54, 1.807) is 0 Å². The van der Waals surface area contributed by atoms with Gasteiger partial charge in [0.05, 0.1) is 11.6 Å². The van der Waals surface area contributed by atoms with Crippen molar-refractivity contribution >= 4 is 0 Å². The van der Waals surface area contributed by atoms with Gasteiger partial charge in [-0.3, -0.25) is 0 Å². The molecule has 0 radical (unpaired) electrons. The van der Waals surface area contributed by atoms with Gasteiger partial charge in [-0.1, -0.05) is 0 Å². The molecule has 1 unspecified atom stereocenters. The normalized spacial score (nSPS) is 28.2.